The minimum absolute atomic E-state index is 0.0585. The van der Waals surface area contributed by atoms with Crippen molar-refractivity contribution in [1.82, 2.24) is 0 Å². The van der Waals surface area contributed by atoms with Crippen LogP contribution in [0.5, 0.6) is 5.75 Å². The molecule has 176 valence electrons. The minimum Gasteiger partial charge on any atom is -0.508 e. The predicted octanol–water partition coefficient (Wildman–Crippen LogP) is 7.42. The van der Waals surface area contributed by atoms with Gasteiger partial charge in [0, 0.05) is 18.6 Å². The lowest BCUT2D eigenvalue weighted by Gasteiger charge is -2.22. The summed E-state index contributed by atoms with van der Waals surface area (Å²) in [5.74, 6) is 0.962. The maximum absolute atomic E-state index is 11.3. The van der Waals surface area contributed by atoms with Gasteiger partial charge in [-0.1, -0.05) is 70.3 Å². The number of carbonyl (C=O) groups excluding carboxylic acids is 1. The van der Waals surface area contributed by atoms with Crippen LogP contribution in [0.15, 0.2) is 18.2 Å². The molecular formula is C27H44O4. The van der Waals surface area contributed by atoms with Crippen molar-refractivity contribution in [3.8, 4) is 5.75 Å². The average molecular weight is 433 g/mol. The first-order valence-corrected chi connectivity index (χ1v) is 12.8. The van der Waals surface area contributed by atoms with Crippen LogP contribution >= 0.6 is 0 Å². The van der Waals surface area contributed by atoms with Crippen molar-refractivity contribution >= 4 is 5.97 Å². The Kier molecular flexibility index (Phi) is 13.4. The molecule has 0 heterocycles. The number of benzene rings is 1. The van der Waals surface area contributed by atoms with Crippen molar-refractivity contribution < 1.29 is 19.4 Å². The van der Waals surface area contributed by atoms with Crippen molar-refractivity contribution in [2.75, 3.05) is 13.2 Å². The molecule has 0 bridgehead atoms. The molecule has 0 amide bonds. The van der Waals surface area contributed by atoms with Gasteiger partial charge in [-0.2, -0.15) is 0 Å². The van der Waals surface area contributed by atoms with Crippen molar-refractivity contribution in [3.63, 3.8) is 0 Å². The normalized spacial score (nSPS) is 14.6. The van der Waals surface area contributed by atoms with Crippen molar-refractivity contribution in [2.45, 2.75) is 116 Å². The molecule has 1 fully saturated rings. The fourth-order valence-corrected chi connectivity index (χ4v) is 4.54. The molecule has 1 aromatic rings. The molecule has 4 heteroatoms. The van der Waals surface area contributed by atoms with Crippen LogP contribution in [0.1, 0.15) is 120 Å². The number of hydrogen-bond donors (Lipinski definition) is 1. The zero-order valence-corrected chi connectivity index (χ0v) is 19.7. The number of hydrogen-bond acceptors (Lipinski definition) is 4. The fourth-order valence-electron chi connectivity index (χ4n) is 4.54. The van der Waals surface area contributed by atoms with Gasteiger partial charge in [0.05, 0.1) is 13.2 Å². The number of esters is 1. The highest BCUT2D eigenvalue weighted by atomic mass is 16.5. The Morgan fingerprint density at radius 2 is 1.58 bits per heavy atom. The zero-order valence-electron chi connectivity index (χ0n) is 19.7. The second-order valence-electron chi connectivity index (χ2n) is 9.01. The molecule has 1 aliphatic carbocycles. The van der Waals surface area contributed by atoms with E-state index in [2.05, 4.69) is 12.1 Å². The third-order valence-electron chi connectivity index (χ3n) is 6.41. The van der Waals surface area contributed by atoms with Crippen LogP contribution in [-0.2, 0) is 20.9 Å². The number of rotatable bonds is 16. The largest absolute Gasteiger partial charge is 0.508 e. The molecule has 31 heavy (non-hydrogen) atoms. The van der Waals surface area contributed by atoms with Gasteiger partial charge in [0.25, 0.3) is 0 Å². The van der Waals surface area contributed by atoms with Gasteiger partial charge in [-0.3, -0.25) is 4.79 Å². The lowest BCUT2D eigenvalue weighted by Crippen LogP contribution is -2.05. The van der Waals surface area contributed by atoms with Gasteiger partial charge >= 0.3 is 5.97 Å². The third-order valence-corrected chi connectivity index (χ3v) is 6.41. The Hall–Kier alpha value is -1.55. The lowest BCUT2D eigenvalue weighted by atomic mass is 9.83. The molecule has 0 saturated heterocycles. The molecule has 2 rings (SSSR count). The summed E-state index contributed by atoms with van der Waals surface area (Å²) in [7, 11) is 0. The Morgan fingerprint density at radius 1 is 0.935 bits per heavy atom. The molecular weight excluding hydrogens is 388 g/mol. The van der Waals surface area contributed by atoms with Crippen LogP contribution in [0.4, 0.5) is 0 Å². The Labute approximate surface area is 189 Å². The topological polar surface area (TPSA) is 55.8 Å². The fraction of sp³-hybridized carbons (Fsp3) is 0.741. The van der Waals surface area contributed by atoms with Crippen LogP contribution in [0.3, 0.4) is 0 Å². The molecule has 1 aromatic carbocycles. The summed E-state index contributed by atoms with van der Waals surface area (Å²) in [6, 6.07) is 6.10. The van der Waals surface area contributed by atoms with E-state index >= 15 is 0 Å². The van der Waals surface area contributed by atoms with Gasteiger partial charge in [-0.05, 0) is 56.2 Å². The summed E-state index contributed by atoms with van der Waals surface area (Å²) >= 11 is 0. The van der Waals surface area contributed by atoms with E-state index in [1.807, 2.05) is 13.0 Å². The molecule has 0 spiro atoms. The first kappa shape index (κ1) is 25.7. The highest BCUT2D eigenvalue weighted by molar-refractivity contribution is 5.69. The summed E-state index contributed by atoms with van der Waals surface area (Å²) < 4.78 is 10.8. The molecule has 4 nitrogen and oxygen atoms in total. The molecule has 0 aromatic heterocycles. The average Bonchev–Trinajstić information content (AvgIpc) is 2.79. The molecule has 1 aliphatic rings. The van der Waals surface area contributed by atoms with Gasteiger partial charge in [0.1, 0.15) is 5.75 Å². The molecule has 0 aliphatic heterocycles. The minimum atomic E-state index is -0.0585. The van der Waals surface area contributed by atoms with E-state index in [1.165, 1.54) is 76.2 Å². The first-order valence-electron chi connectivity index (χ1n) is 12.8. The van der Waals surface area contributed by atoms with E-state index in [9.17, 15) is 9.90 Å². The standard InChI is InChI=1S/C27H44O4/c1-2-31-27(29)17-13-8-6-4-3-5-7-9-14-20-30-22-25-21-24(18-19-26(25)28)23-15-11-10-12-16-23/h18-19,21,23,28H,2-17,20,22H2,1H3. The van der Waals surface area contributed by atoms with Gasteiger partial charge in [0.15, 0.2) is 0 Å². The quantitative estimate of drug-likeness (QED) is 0.218. The molecule has 0 unspecified atom stereocenters. The highest BCUT2D eigenvalue weighted by Crippen LogP contribution is 2.34. The van der Waals surface area contributed by atoms with Gasteiger partial charge in [-0.15, -0.1) is 0 Å². The SMILES string of the molecule is CCOC(=O)CCCCCCCCCCCOCc1cc(C2CCCCC2)ccc1O. The van der Waals surface area contributed by atoms with Crippen molar-refractivity contribution in [2.24, 2.45) is 0 Å². The van der Waals surface area contributed by atoms with Crippen LogP contribution in [0.2, 0.25) is 0 Å². The van der Waals surface area contributed by atoms with Crippen LogP contribution in [0, 0.1) is 0 Å². The second kappa shape index (κ2) is 16.1. The number of aromatic hydroxyl groups is 1. The Morgan fingerprint density at radius 3 is 2.26 bits per heavy atom. The number of ether oxygens (including phenoxy) is 2. The van der Waals surface area contributed by atoms with E-state index in [4.69, 9.17) is 9.47 Å². The number of phenolic OH excluding ortho intramolecular Hbond substituents is 1. The number of unbranched alkanes of at least 4 members (excludes halogenated alkanes) is 8. The summed E-state index contributed by atoms with van der Waals surface area (Å²) in [5.41, 5.74) is 2.31. The maximum atomic E-state index is 11.3. The van der Waals surface area contributed by atoms with E-state index in [0.29, 0.717) is 31.3 Å². The van der Waals surface area contributed by atoms with Crippen molar-refractivity contribution in [3.05, 3.63) is 29.3 Å². The second-order valence-corrected chi connectivity index (χ2v) is 9.01. The summed E-state index contributed by atoms with van der Waals surface area (Å²) in [4.78, 5) is 11.3. The zero-order chi connectivity index (χ0) is 22.2. The molecule has 1 saturated carbocycles. The molecule has 0 radical (unpaired) electrons. The molecule has 0 atom stereocenters. The van der Waals surface area contributed by atoms with Crippen LogP contribution < -0.4 is 0 Å². The first-order chi connectivity index (χ1) is 15.2. The van der Waals surface area contributed by atoms with E-state index in [0.717, 1.165) is 31.4 Å². The van der Waals surface area contributed by atoms with Gasteiger partial charge in [-0.25, -0.2) is 0 Å². The summed E-state index contributed by atoms with van der Waals surface area (Å²) in [6.07, 6.45) is 17.8. The molecule has 1 N–H and O–H groups in total. The Bertz CT molecular complexity index is 607. The Balaban J connectivity index is 1.45. The van der Waals surface area contributed by atoms with Crippen LogP contribution in [0.25, 0.3) is 0 Å². The maximum Gasteiger partial charge on any atom is 0.305 e. The van der Waals surface area contributed by atoms with E-state index in [-0.39, 0.29) is 5.97 Å². The van der Waals surface area contributed by atoms with Gasteiger partial charge < -0.3 is 14.6 Å². The van der Waals surface area contributed by atoms with E-state index in [1.54, 1.807) is 0 Å². The lowest BCUT2D eigenvalue weighted by molar-refractivity contribution is -0.143. The van der Waals surface area contributed by atoms with Crippen LogP contribution in [-0.4, -0.2) is 24.3 Å². The smallest absolute Gasteiger partial charge is 0.305 e. The highest BCUT2D eigenvalue weighted by Gasteiger charge is 2.16. The number of phenols is 1. The monoisotopic (exact) mass is 432 g/mol. The number of carbonyl (C=O) groups is 1. The van der Waals surface area contributed by atoms with Crippen molar-refractivity contribution in [1.29, 1.82) is 0 Å². The summed E-state index contributed by atoms with van der Waals surface area (Å²) in [6.45, 7) is 3.62. The summed E-state index contributed by atoms with van der Waals surface area (Å²) in [5, 5.41) is 10.2. The van der Waals surface area contributed by atoms with Gasteiger partial charge in [0.2, 0.25) is 0 Å². The third kappa shape index (κ3) is 11.0. The van der Waals surface area contributed by atoms with E-state index < -0.39 is 0 Å². The predicted molar refractivity (Wildman–Crippen MR) is 126 cm³/mol.